The lowest BCUT2D eigenvalue weighted by molar-refractivity contribution is 0.768. The third-order valence-electron chi connectivity index (χ3n) is 11.3. The van der Waals surface area contributed by atoms with Gasteiger partial charge in [-0.15, -0.1) is 11.3 Å². The molecule has 53 heavy (non-hydrogen) atoms. The number of rotatable bonds is 5. The predicted octanol–water partition coefficient (Wildman–Crippen LogP) is 14.2. The molecule has 0 bridgehead atoms. The molecule has 248 valence electrons. The molecule has 1 aromatic heterocycles. The summed E-state index contributed by atoms with van der Waals surface area (Å²) in [5, 5.41) is 7.60. The van der Waals surface area contributed by atoms with Crippen LogP contribution >= 0.6 is 11.3 Å². The summed E-state index contributed by atoms with van der Waals surface area (Å²) in [6, 6.07) is 74.1. The van der Waals surface area contributed by atoms with Crippen LogP contribution in [-0.4, -0.2) is 0 Å². The standard InChI is InChI=1S/C51H33NS/c1-3-15-36(16-4-1)51(37-17-5-2-6-18-37)46-23-11-9-20-41(46)42-31-30-39(33-47(42)51)52(48-24-13-22-44-43-21-10-12-25-49(43)53-50(44)48)38-29-28-35-27-26-34-14-7-8-19-40(34)45(35)32-38/h1-33H. The van der Waals surface area contributed by atoms with Crippen LogP contribution in [0.25, 0.3) is 52.8 Å². The van der Waals surface area contributed by atoms with Gasteiger partial charge in [-0.1, -0.05) is 164 Å². The Morgan fingerprint density at radius 1 is 0.377 bits per heavy atom. The molecular formula is C51H33NS. The lowest BCUT2D eigenvalue weighted by Gasteiger charge is -2.35. The van der Waals surface area contributed by atoms with E-state index in [1.54, 1.807) is 0 Å². The minimum absolute atomic E-state index is 0.487. The van der Waals surface area contributed by atoms with Gasteiger partial charge in [-0.2, -0.15) is 0 Å². The first-order valence-corrected chi connectivity index (χ1v) is 19.1. The molecule has 2 heteroatoms. The van der Waals surface area contributed by atoms with Crippen molar-refractivity contribution in [2.45, 2.75) is 5.41 Å². The maximum atomic E-state index is 2.50. The molecule has 1 heterocycles. The van der Waals surface area contributed by atoms with E-state index >= 15 is 0 Å². The van der Waals surface area contributed by atoms with E-state index in [4.69, 9.17) is 0 Å². The summed E-state index contributed by atoms with van der Waals surface area (Å²) < 4.78 is 2.59. The van der Waals surface area contributed by atoms with E-state index in [1.165, 1.54) is 80.8 Å². The molecule has 1 aliphatic rings. The van der Waals surface area contributed by atoms with Gasteiger partial charge in [-0.25, -0.2) is 0 Å². The van der Waals surface area contributed by atoms with E-state index in [9.17, 15) is 0 Å². The summed E-state index contributed by atoms with van der Waals surface area (Å²) in [6.07, 6.45) is 0. The zero-order valence-corrected chi connectivity index (χ0v) is 29.7. The van der Waals surface area contributed by atoms with E-state index in [2.05, 4.69) is 205 Å². The second-order valence-electron chi connectivity index (χ2n) is 14.0. The van der Waals surface area contributed by atoms with Crippen molar-refractivity contribution in [1.29, 1.82) is 0 Å². The van der Waals surface area contributed by atoms with Gasteiger partial charge in [0.1, 0.15) is 0 Å². The largest absolute Gasteiger partial charge is 0.309 e. The van der Waals surface area contributed by atoms with Crippen LogP contribution in [0.3, 0.4) is 0 Å². The first-order chi connectivity index (χ1) is 26.3. The van der Waals surface area contributed by atoms with Gasteiger partial charge in [-0.3, -0.25) is 0 Å². The Hall–Kier alpha value is -6.48. The molecule has 0 spiro atoms. The Balaban J connectivity index is 1.23. The van der Waals surface area contributed by atoms with Crippen molar-refractivity contribution < 1.29 is 0 Å². The van der Waals surface area contributed by atoms with E-state index in [0.717, 1.165) is 11.4 Å². The quantitative estimate of drug-likeness (QED) is 0.162. The first kappa shape index (κ1) is 30.2. The first-order valence-electron chi connectivity index (χ1n) is 18.3. The lowest BCUT2D eigenvalue weighted by atomic mass is 9.67. The second kappa shape index (κ2) is 11.8. The van der Waals surface area contributed by atoms with E-state index in [0.29, 0.717) is 0 Å². The monoisotopic (exact) mass is 691 g/mol. The third kappa shape index (κ3) is 4.43. The molecular weight excluding hydrogens is 659 g/mol. The Morgan fingerprint density at radius 2 is 0.962 bits per heavy atom. The zero-order valence-electron chi connectivity index (χ0n) is 28.9. The molecule has 1 nitrogen and oxygen atoms in total. The summed E-state index contributed by atoms with van der Waals surface area (Å²) in [5.41, 5.74) is 10.7. The number of nitrogens with zero attached hydrogens (tertiary/aromatic N) is 1. The van der Waals surface area contributed by atoms with Crippen molar-refractivity contribution >= 4 is 70.1 Å². The SMILES string of the molecule is c1ccc(C2(c3ccccc3)c3ccccc3-c3ccc(N(c4ccc5ccc6ccccc6c5c4)c4cccc5c4sc4ccccc45)cc32)cc1. The van der Waals surface area contributed by atoms with Crippen LogP contribution in [0.15, 0.2) is 200 Å². The van der Waals surface area contributed by atoms with Gasteiger partial charge in [0.2, 0.25) is 0 Å². The van der Waals surface area contributed by atoms with Gasteiger partial charge in [0.25, 0.3) is 0 Å². The number of thiophene rings is 1. The van der Waals surface area contributed by atoms with Crippen molar-refractivity contribution in [3.63, 3.8) is 0 Å². The topological polar surface area (TPSA) is 3.24 Å². The van der Waals surface area contributed by atoms with Gasteiger partial charge in [0, 0.05) is 26.8 Å². The van der Waals surface area contributed by atoms with Crippen molar-refractivity contribution in [2.24, 2.45) is 0 Å². The second-order valence-corrected chi connectivity index (χ2v) is 15.1. The molecule has 0 radical (unpaired) electrons. The Morgan fingerprint density at radius 3 is 1.77 bits per heavy atom. The van der Waals surface area contributed by atoms with Crippen molar-refractivity contribution in [3.05, 3.63) is 222 Å². The molecule has 0 fully saturated rings. The third-order valence-corrected chi connectivity index (χ3v) is 12.5. The van der Waals surface area contributed by atoms with Crippen LogP contribution in [0.2, 0.25) is 0 Å². The molecule has 0 saturated heterocycles. The molecule has 0 unspecified atom stereocenters. The van der Waals surface area contributed by atoms with Gasteiger partial charge >= 0.3 is 0 Å². The molecule has 0 N–H and O–H groups in total. The fourth-order valence-corrected chi connectivity index (χ4v) is 10.2. The highest BCUT2D eigenvalue weighted by atomic mass is 32.1. The number of anilines is 3. The molecule has 0 saturated carbocycles. The zero-order chi connectivity index (χ0) is 34.9. The van der Waals surface area contributed by atoms with E-state index in [-0.39, 0.29) is 0 Å². The van der Waals surface area contributed by atoms with Crippen molar-refractivity contribution in [2.75, 3.05) is 4.90 Å². The molecule has 0 aliphatic heterocycles. The molecule has 11 rings (SSSR count). The van der Waals surface area contributed by atoms with Crippen LogP contribution in [0.4, 0.5) is 17.1 Å². The number of fused-ring (bicyclic) bond motifs is 9. The van der Waals surface area contributed by atoms with Gasteiger partial charge in [0.05, 0.1) is 15.8 Å². The predicted molar refractivity (Wildman–Crippen MR) is 226 cm³/mol. The minimum Gasteiger partial charge on any atom is -0.309 e. The molecule has 1 aliphatic carbocycles. The summed E-state index contributed by atoms with van der Waals surface area (Å²) >= 11 is 1.88. The maximum Gasteiger partial charge on any atom is 0.0714 e. The fourth-order valence-electron chi connectivity index (χ4n) is 9.04. The van der Waals surface area contributed by atoms with Gasteiger partial charge < -0.3 is 4.90 Å². The highest BCUT2D eigenvalue weighted by Crippen LogP contribution is 2.57. The molecule has 10 aromatic rings. The Labute approximate surface area is 312 Å². The highest BCUT2D eigenvalue weighted by molar-refractivity contribution is 7.26. The number of hydrogen-bond acceptors (Lipinski definition) is 2. The lowest BCUT2D eigenvalue weighted by Crippen LogP contribution is -2.28. The molecule has 9 aromatic carbocycles. The summed E-state index contributed by atoms with van der Waals surface area (Å²) in [4.78, 5) is 2.50. The minimum atomic E-state index is -0.487. The molecule has 0 amide bonds. The highest BCUT2D eigenvalue weighted by Gasteiger charge is 2.46. The molecule has 0 atom stereocenters. The van der Waals surface area contributed by atoms with Crippen molar-refractivity contribution in [3.8, 4) is 11.1 Å². The van der Waals surface area contributed by atoms with Crippen molar-refractivity contribution in [1.82, 2.24) is 0 Å². The fraction of sp³-hybridized carbons (Fsp3) is 0.0196. The number of benzene rings is 9. The smallest absolute Gasteiger partial charge is 0.0714 e. The maximum absolute atomic E-state index is 2.50. The van der Waals surface area contributed by atoms with Crippen LogP contribution in [0.5, 0.6) is 0 Å². The van der Waals surface area contributed by atoms with E-state index < -0.39 is 5.41 Å². The van der Waals surface area contributed by atoms with Gasteiger partial charge in [-0.05, 0) is 91.3 Å². The van der Waals surface area contributed by atoms with Crippen LogP contribution in [-0.2, 0) is 5.41 Å². The van der Waals surface area contributed by atoms with E-state index in [1.807, 2.05) is 11.3 Å². The van der Waals surface area contributed by atoms with Crippen LogP contribution < -0.4 is 4.90 Å². The average Bonchev–Trinajstić information content (AvgIpc) is 3.76. The Kier molecular flexibility index (Phi) is 6.71. The normalized spacial score (nSPS) is 13.1. The number of hydrogen-bond donors (Lipinski definition) is 0. The van der Waals surface area contributed by atoms with Crippen LogP contribution in [0.1, 0.15) is 22.3 Å². The Bertz CT molecular complexity index is 2970. The summed E-state index contributed by atoms with van der Waals surface area (Å²) in [6.45, 7) is 0. The van der Waals surface area contributed by atoms with Gasteiger partial charge in [0.15, 0.2) is 0 Å². The van der Waals surface area contributed by atoms with Crippen LogP contribution in [0, 0.1) is 0 Å². The average molecular weight is 692 g/mol. The summed E-state index contributed by atoms with van der Waals surface area (Å²) in [7, 11) is 0. The summed E-state index contributed by atoms with van der Waals surface area (Å²) in [5.74, 6) is 0.